The van der Waals surface area contributed by atoms with Crippen molar-refractivity contribution in [3.8, 4) is 22.6 Å². The molecule has 5 N–H and O–H groups in total. The molecule has 1 heterocycles. The fraction of sp³-hybridized carbons (Fsp3) is 0.333. The van der Waals surface area contributed by atoms with Crippen molar-refractivity contribution in [2.24, 2.45) is 0 Å². The molecule has 0 bridgehead atoms. The predicted molar refractivity (Wildman–Crippen MR) is 126 cm³/mol. The molecule has 0 radical (unpaired) electrons. The number of rotatable bonds is 10. The Hall–Kier alpha value is -3.53. The summed E-state index contributed by atoms with van der Waals surface area (Å²) in [6.45, 7) is 3.72. The zero-order valence-electron chi connectivity index (χ0n) is 19.1. The molecule has 0 amide bonds. The standard InChI is InChI=1S/C24H28F3N5O2/c1-3-33-19-10-16(9-18-13-31-23(29)32-22(18)28)11-20(34-4-2)21(19)17-7-5-15(6-8-17)12-30-14-24(25,26)27/h5-8,10-11,13,30H,3-4,9,12,14H2,1-2H3,(H4,28,29,31,32). The summed E-state index contributed by atoms with van der Waals surface area (Å²) in [4.78, 5) is 8.03. The Bertz CT molecular complexity index is 1080. The van der Waals surface area contributed by atoms with Gasteiger partial charge >= 0.3 is 6.18 Å². The van der Waals surface area contributed by atoms with E-state index in [0.717, 1.165) is 27.8 Å². The maximum Gasteiger partial charge on any atom is 0.401 e. The number of nitrogens with one attached hydrogen (secondary N) is 1. The van der Waals surface area contributed by atoms with Crippen LogP contribution >= 0.6 is 0 Å². The van der Waals surface area contributed by atoms with Crippen LogP contribution in [0.3, 0.4) is 0 Å². The van der Waals surface area contributed by atoms with E-state index in [4.69, 9.17) is 20.9 Å². The zero-order chi connectivity index (χ0) is 24.7. The van der Waals surface area contributed by atoms with Gasteiger partial charge < -0.3 is 26.3 Å². The maximum absolute atomic E-state index is 12.4. The maximum atomic E-state index is 12.4. The third-order valence-corrected chi connectivity index (χ3v) is 4.93. The van der Waals surface area contributed by atoms with E-state index in [1.54, 1.807) is 18.3 Å². The molecule has 0 saturated carbocycles. The lowest BCUT2D eigenvalue weighted by atomic mass is 9.97. The highest BCUT2D eigenvalue weighted by atomic mass is 19.4. The van der Waals surface area contributed by atoms with Crippen LogP contribution in [0.1, 0.15) is 30.5 Å². The van der Waals surface area contributed by atoms with Gasteiger partial charge in [0.25, 0.3) is 0 Å². The van der Waals surface area contributed by atoms with Crippen LogP contribution in [0, 0.1) is 0 Å². The molecule has 7 nitrogen and oxygen atoms in total. The first-order valence-electron chi connectivity index (χ1n) is 10.9. The topological polar surface area (TPSA) is 108 Å². The number of benzene rings is 2. The number of ether oxygens (including phenoxy) is 2. The van der Waals surface area contributed by atoms with Crippen molar-refractivity contribution in [3.05, 3.63) is 59.3 Å². The van der Waals surface area contributed by atoms with E-state index < -0.39 is 12.7 Å². The van der Waals surface area contributed by atoms with E-state index in [-0.39, 0.29) is 12.5 Å². The average molecular weight is 476 g/mol. The summed E-state index contributed by atoms with van der Waals surface area (Å²) < 4.78 is 49.0. The Morgan fingerprint density at radius 2 is 1.56 bits per heavy atom. The third-order valence-electron chi connectivity index (χ3n) is 4.93. The number of nitrogen functional groups attached to an aromatic ring is 2. The minimum atomic E-state index is -4.25. The second-order valence-electron chi connectivity index (χ2n) is 7.56. The molecule has 1 aromatic heterocycles. The summed E-state index contributed by atoms with van der Waals surface area (Å²) >= 11 is 0. The van der Waals surface area contributed by atoms with E-state index in [0.29, 0.717) is 37.0 Å². The summed E-state index contributed by atoms with van der Waals surface area (Å²) in [6, 6.07) is 11.1. The highest BCUT2D eigenvalue weighted by Gasteiger charge is 2.26. The van der Waals surface area contributed by atoms with Gasteiger partial charge in [-0.1, -0.05) is 24.3 Å². The van der Waals surface area contributed by atoms with Gasteiger partial charge in [-0.15, -0.1) is 0 Å². The number of alkyl halides is 3. The zero-order valence-corrected chi connectivity index (χ0v) is 19.1. The van der Waals surface area contributed by atoms with Gasteiger partial charge in [-0.25, -0.2) is 4.98 Å². The number of nitrogens with zero attached hydrogens (tertiary/aromatic N) is 2. The van der Waals surface area contributed by atoms with Gasteiger partial charge in [0.05, 0.1) is 25.3 Å². The van der Waals surface area contributed by atoms with Crippen LogP contribution in [0.5, 0.6) is 11.5 Å². The Morgan fingerprint density at radius 1 is 0.941 bits per heavy atom. The monoisotopic (exact) mass is 475 g/mol. The predicted octanol–water partition coefficient (Wildman–Crippen LogP) is 4.35. The van der Waals surface area contributed by atoms with Crippen LogP contribution in [0.4, 0.5) is 24.9 Å². The van der Waals surface area contributed by atoms with Gasteiger partial charge in [0, 0.05) is 24.7 Å². The molecule has 34 heavy (non-hydrogen) atoms. The minimum absolute atomic E-state index is 0.110. The third kappa shape index (κ3) is 6.74. The van der Waals surface area contributed by atoms with Crippen LogP contribution in [-0.2, 0) is 13.0 Å². The van der Waals surface area contributed by atoms with Crippen molar-refractivity contribution in [3.63, 3.8) is 0 Å². The SMILES string of the molecule is CCOc1cc(Cc2cnc(N)nc2N)cc(OCC)c1-c1ccc(CNCC(F)(F)F)cc1. The summed E-state index contributed by atoms with van der Waals surface area (Å²) in [5.74, 6) is 1.67. The van der Waals surface area contributed by atoms with Crippen molar-refractivity contribution in [2.75, 3.05) is 31.2 Å². The fourth-order valence-electron chi connectivity index (χ4n) is 3.50. The molecule has 0 aliphatic carbocycles. The highest BCUT2D eigenvalue weighted by molar-refractivity contribution is 5.78. The van der Waals surface area contributed by atoms with Crippen molar-refractivity contribution < 1.29 is 22.6 Å². The highest BCUT2D eigenvalue weighted by Crippen LogP contribution is 2.40. The largest absolute Gasteiger partial charge is 0.493 e. The van der Waals surface area contributed by atoms with E-state index in [9.17, 15) is 13.2 Å². The number of halogens is 3. The van der Waals surface area contributed by atoms with Crippen molar-refractivity contribution >= 4 is 11.8 Å². The number of aromatic nitrogens is 2. The Kier molecular flexibility index (Phi) is 8.17. The fourth-order valence-corrected chi connectivity index (χ4v) is 3.50. The first-order chi connectivity index (χ1) is 16.2. The molecule has 0 aliphatic heterocycles. The van der Waals surface area contributed by atoms with Gasteiger partial charge in [-0.2, -0.15) is 18.2 Å². The van der Waals surface area contributed by atoms with Crippen LogP contribution in [0.2, 0.25) is 0 Å². The number of nitrogens with two attached hydrogens (primary N) is 2. The molecule has 0 fully saturated rings. The Balaban J connectivity index is 1.92. The number of hydrogen-bond donors (Lipinski definition) is 3. The lowest BCUT2D eigenvalue weighted by Gasteiger charge is -2.18. The van der Waals surface area contributed by atoms with Crippen molar-refractivity contribution in [1.29, 1.82) is 0 Å². The van der Waals surface area contributed by atoms with E-state index in [2.05, 4.69) is 15.3 Å². The molecule has 0 unspecified atom stereocenters. The second kappa shape index (κ2) is 11.1. The van der Waals surface area contributed by atoms with E-state index >= 15 is 0 Å². The molecule has 3 rings (SSSR count). The second-order valence-corrected chi connectivity index (χ2v) is 7.56. The average Bonchev–Trinajstić information content (AvgIpc) is 2.76. The smallest absolute Gasteiger partial charge is 0.401 e. The van der Waals surface area contributed by atoms with Gasteiger partial charge in [0.2, 0.25) is 5.95 Å². The van der Waals surface area contributed by atoms with Gasteiger partial charge in [0.1, 0.15) is 17.3 Å². The van der Waals surface area contributed by atoms with E-state index in [1.165, 1.54) is 0 Å². The van der Waals surface area contributed by atoms with Crippen LogP contribution in [0.25, 0.3) is 11.1 Å². The summed E-state index contributed by atoms with van der Waals surface area (Å²) in [5, 5.41) is 2.40. The molecular formula is C24H28F3N5O2. The lowest BCUT2D eigenvalue weighted by molar-refractivity contribution is -0.125. The van der Waals surface area contributed by atoms with Gasteiger partial charge in [-0.3, -0.25) is 0 Å². The van der Waals surface area contributed by atoms with E-state index in [1.807, 2.05) is 38.1 Å². The quantitative estimate of drug-likeness (QED) is 0.400. The Labute approximate surface area is 196 Å². The molecule has 10 heteroatoms. The molecule has 3 aromatic rings. The normalized spacial score (nSPS) is 11.4. The van der Waals surface area contributed by atoms with Crippen LogP contribution < -0.4 is 26.3 Å². The van der Waals surface area contributed by atoms with Gasteiger partial charge in [-0.05, 0) is 42.7 Å². The molecule has 0 spiro atoms. The molecule has 0 atom stereocenters. The lowest BCUT2D eigenvalue weighted by Crippen LogP contribution is -2.28. The molecular weight excluding hydrogens is 447 g/mol. The van der Waals surface area contributed by atoms with Crippen LogP contribution in [0.15, 0.2) is 42.6 Å². The molecule has 182 valence electrons. The summed E-state index contributed by atoms with van der Waals surface area (Å²) in [6.07, 6.45) is -2.20. The molecule has 2 aromatic carbocycles. The number of anilines is 2. The first-order valence-corrected chi connectivity index (χ1v) is 10.9. The summed E-state index contributed by atoms with van der Waals surface area (Å²) in [7, 11) is 0. The summed E-state index contributed by atoms with van der Waals surface area (Å²) in [5.41, 5.74) is 15.5. The Morgan fingerprint density at radius 3 is 2.09 bits per heavy atom. The molecule has 0 saturated heterocycles. The molecule has 0 aliphatic rings. The first kappa shape index (κ1) is 25.1. The number of hydrogen-bond acceptors (Lipinski definition) is 7. The van der Waals surface area contributed by atoms with Crippen LogP contribution in [-0.4, -0.2) is 35.9 Å². The van der Waals surface area contributed by atoms with Crippen molar-refractivity contribution in [1.82, 2.24) is 15.3 Å². The van der Waals surface area contributed by atoms with Gasteiger partial charge in [0.15, 0.2) is 0 Å². The van der Waals surface area contributed by atoms with Crippen molar-refractivity contribution in [2.45, 2.75) is 33.0 Å². The minimum Gasteiger partial charge on any atom is -0.493 e.